The third kappa shape index (κ3) is 3.56. The number of ether oxygens (including phenoxy) is 2. The lowest BCUT2D eigenvalue weighted by Crippen LogP contribution is -2.39. The van der Waals surface area contributed by atoms with Gasteiger partial charge < -0.3 is 14.4 Å². The van der Waals surface area contributed by atoms with Gasteiger partial charge in [-0.05, 0) is 37.1 Å². The van der Waals surface area contributed by atoms with Crippen molar-refractivity contribution in [3.63, 3.8) is 0 Å². The molecule has 24 heavy (non-hydrogen) atoms. The number of esters is 1. The van der Waals surface area contributed by atoms with Crippen LogP contribution < -0.4 is 9.64 Å². The van der Waals surface area contributed by atoms with Crippen LogP contribution in [0.25, 0.3) is 0 Å². The highest BCUT2D eigenvalue weighted by atomic mass is 16.6. The van der Waals surface area contributed by atoms with Gasteiger partial charge >= 0.3 is 5.97 Å². The third-order valence-corrected chi connectivity index (χ3v) is 3.93. The fraction of sp³-hybridized carbons (Fsp3) is 0.263. The second-order valence-corrected chi connectivity index (χ2v) is 5.71. The Morgan fingerprint density at radius 3 is 2.54 bits per heavy atom. The van der Waals surface area contributed by atoms with Crippen LogP contribution in [0.3, 0.4) is 0 Å². The van der Waals surface area contributed by atoms with Crippen LogP contribution in [-0.2, 0) is 20.7 Å². The fourth-order valence-electron chi connectivity index (χ4n) is 2.86. The number of carbonyl (C=O) groups is 2. The Balaban J connectivity index is 1.51. The van der Waals surface area contributed by atoms with E-state index in [4.69, 9.17) is 9.47 Å². The SMILES string of the molecule is C[C@H]1Cc2ccccc2N1C(=O)COC(=O)COc1ccccc1. The molecule has 1 aliphatic heterocycles. The van der Waals surface area contributed by atoms with Crippen LogP contribution in [0.5, 0.6) is 5.75 Å². The maximum Gasteiger partial charge on any atom is 0.344 e. The Hall–Kier alpha value is -2.82. The molecule has 1 aliphatic rings. The van der Waals surface area contributed by atoms with E-state index in [2.05, 4.69) is 0 Å². The zero-order valence-electron chi connectivity index (χ0n) is 13.5. The molecule has 0 saturated heterocycles. The maximum atomic E-state index is 12.4. The van der Waals surface area contributed by atoms with E-state index in [1.807, 2.05) is 49.4 Å². The van der Waals surface area contributed by atoms with Gasteiger partial charge in [-0.1, -0.05) is 36.4 Å². The van der Waals surface area contributed by atoms with Crippen LogP contribution >= 0.6 is 0 Å². The first-order chi connectivity index (χ1) is 11.6. The molecule has 2 aromatic rings. The van der Waals surface area contributed by atoms with Gasteiger partial charge in [0.25, 0.3) is 5.91 Å². The molecule has 2 aromatic carbocycles. The molecule has 1 heterocycles. The molecule has 0 radical (unpaired) electrons. The van der Waals surface area contributed by atoms with Gasteiger partial charge in [-0.2, -0.15) is 0 Å². The third-order valence-electron chi connectivity index (χ3n) is 3.93. The molecule has 124 valence electrons. The predicted octanol–water partition coefficient (Wildman–Crippen LogP) is 2.59. The molecule has 0 spiro atoms. The Bertz CT molecular complexity index is 729. The zero-order chi connectivity index (χ0) is 16.9. The predicted molar refractivity (Wildman–Crippen MR) is 90.0 cm³/mol. The number of hydrogen-bond donors (Lipinski definition) is 0. The Morgan fingerprint density at radius 1 is 1.04 bits per heavy atom. The molecular weight excluding hydrogens is 306 g/mol. The number of benzene rings is 2. The number of anilines is 1. The number of carbonyl (C=O) groups excluding carboxylic acids is 2. The standard InChI is InChI=1S/C19H19NO4/c1-14-11-15-7-5-6-10-17(15)20(14)18(21)12-24-19(22)13-23-16-8-3-2-4-9-16/h2-10,14H,11-13H2,1H3/t14-/m0/s1. The summed E-state index contributed by atoms with van der Waals surface area (Å²) in [4.78, 5) is 25.8. The lowest BCUT2D eigenvalue weighted by Gasteiger charge is -2.22. The van der Waals surface area contributed by atoms with Crippen molar-refractivity contribution < 1.29 is 19.1 Å². The summed E-state index contributed by atoms with van der Waals surface area (Å²) in [6.07, 6.45) is 0.812. The highest BCUT2D eigenvalue weighted by Crippen LogP contribution is 2.31. The van der Waals surface area contributed by atoms with Crippen molar-refractivity contribution in [1.82, 2.24) is 0 Å². The minimum Gasteiger partial charge on any atom is -0.482 e. The van der Waals surface area contributed by atoms with Gasteiger partial charge in [0.05, 0.1) is 0 Å². The van der Waals surface area contributed by atoms with E-state index < -0.39 is 5.97 Å². The largest absolute Gasteiger partial charge is 0.482 e. The van der Waals surface area contributed by atoms with E-state index in [1.165, 1.54) is 0 Å². The summed E-state index contributed by atoms with van der Waals surface area (Å²) in [5.74, 6) is -0.198. The average molecular weight is 325 g/mol. The first-order valence-corrected chi connectivity index (χ1v) is 7.88. The summed E-state index contributed by atoms with van der Waals surface area (Å²) in [5.41, 5.74) is 2.03. The first kappa shape index (κ1) is 16.1. The summed E-state index contributed by atoms with van der Waals surface area (Å²) < 4.78 is 10.3. The summed E-state index contributed by atoms with van der Waals surface area (Å²) in [6.45, 7) is 1.48. The van der Waals surface area contributed by atoms with E-state index in [0.717, 1.165) is 17.7 Å². The molecule has 5 nitrogen and oxygen atoms in total. The van der Waals surface area contributed by atoms with E-state index in [-0.39, 0.29) is 25.2 Å². The normalized spacial score (nSPS) is 15.7. The van der Waals surface area contributed by atoms with E-state index in [0.29, 0.717) is 5.75 Å². The van der Waals surface area contributed by atoms with Crippen LogP contribution in [-0.4, -0.2) is 31.1 Å². The molecule has 3 rings (SSSR count). The van der Waals surface area contributed by atoms with Gasteiger partial charge in [-0.3, -0.25) is 4.79 Å². The van der Waals surface area contributed by atoms with E-state index >= 15 is 0 Å². The van der Waals surface area contributed by atoms with Crippen molar-refractivity contribution in [2.75, 3.05) is 18.1 Å². The monoisotopic (exact) mass is 325 g/mol. The van der Waals surface area contributed by atoms with Gasteiger partial charge in [-0.15, -0.1) is 0 Å². The summed E-state index contributed by atoms with van der Waals surface area (Å²) in [5, 5.41) is 0. The number of nitrogens with zero attached hydrogens (tertiary/aromatic N) is 1. The molecule has 0 saturated carbocycles. The smallest absolute Gasteiger partial charge is 0.344 e. The molecule has 0 fully saturated rings. The molecule has 1 atom stereocenters. The minimum absolute atomic E-state index is 0.0640. The highest BCUT2D eigenvalue weighted by Gasteiger charge is 2.30. The fourth-order valence-corrected chi connectivity index (χ4v) is 2.86. The topological polar surface area (TPSA) is 55.8 Å². The molecule has 0 bridgehead atoms. The van der Waals surface area contributed by atoms with E-state index in [9.17, 15) is 9.59 Å². The minimum atomic E-state index is -0.563. The lowest BCUT2D eigenvalue weighted by atomic mass is 10.1. The average Bonchev–Trinajstić information content (AvgIpc) is 2.94. The number of fused-ring (bicyclic) bond motifs is 1. The van der Waals surface area contributed by atoms with Gasteiger partial charge in [0.2, 0.25) is 0 Å². The molecule has 0 aromatic heterocycles. The first-order valence-electron chi connectivity index (χ1n) is 7.88. The quantitative estimate of drug-likeness (QED) is 0.793. The number of rotatable bonds is 5. The van der Waals surface area contributed by atoms with Crippen LogP contribution in [0.15, 0.2) is 54.6 Å². The zero-order valence-corrected chi connectivity index (χ0v) is 13.5. The second kappa shape index (κ2) is 7.17. The number of amides is 1. The maximum absolute atomic E-state index is 12.4. The molecule has 0 aliphatic carbocycles. The van der Waals surface area contributed by atoms with Crippen molar-refractivity contribution in [3.8, 4) is 5.75 Å². The molecule has 1 amide bonds. The van der Waals surface area contributed by atoms with Crippen LogP contribution in [0.1, 0.15) is 12.5 Å². The Kier molecular flexibility index (Phi) is 4.79. The molecular formula is C19H19NO4. The molecule has 5 heteroatoms. The highest BCUT2D eigenvalue weighted by molar-refractivity contribution is 5.97. The Labute approximate surface area is 140 Å². The van der Waals surface area contributed by atoms with Crippen LogP contribution in [0, 0.1) is 0 Å². The Morgan fingerprint density at radius 2 is 1.75 bits per heavy atom. The second-order valence-electron chi connectivity index (χ2n) is 5.71. The van der Waals surface area contributed by atoms with Crippen molar-refractivity contribution in [3.05, 3.63) is 60.2 Å². The molecule has 0 N–H and O–H groups in total. The van der Waals surface area contributed by atoms with Crippen LogP contribution in [0.2, 0.25) is 0 Å². The van der Waals surface area contributed by atoms with Crippen molar-refractivity contribution in [2.45, 2.75) is 19.4 Å². The van der Waals surface area contributed by atoms with Gasteiger partial charge in [0.1, 0.15) is 5.75 Å². The summed E-state index contributed by atoms with van der Waals surface area (Å²) in [6, 6.07) is 16.8. The van der Waals surface area contributed by atoms with Gasteiger partial charge in [0, 0.05) is 11.7 Å². The van der Waals surface area contributed by atoms with Crippen molar-refractivity contribution in [2.24, 2.45) is 0 Å². The summed E-state index contributed by atoms with van der Waals surface area (Å²) >= 11 is 0. The number of para-hydroxylation sites is 2. The van der Waals surface area contributed by atoms with Crippen molar-refractivity contribution in [1.29, 1.82) is 0 Å². The van der Waals surface area contributed by atoms with Gasteiger partial charge in [0.15, 0.2) is 13.2 Å². The summed E-state index contributed by atoms with van der Waals surface area (Å²) in [7, 11) is 0. The molecule has 0 unspecified atom stereocenters. The lowest BCUT2D eigenvalue weighted by molar-refractivity contribution is -0.149. The van der Waals surface area contributed by atoms with Gasteiger partial charge in [-0.25, -0.2) is 4.79 Å². The van der Waals surface area contributed by atoms with Crippen molar-refractivity contribution >= 4 is 17.6 Å². The van der Waals surface area contributed by atoms with Crippen LogP contribution in [0.4, 0.5) is 5.69 Å². The van der Waals surface area contributed by atoms with E-state index in [1.54, 1.807) is 17.0 Å². The number of hydrogen-bond acceptors (Lipinski definition) is 4.